The highest BCUT2D eigenvalue weighted by Crippen LogP contribution is 2.29. The first-order valence-electron chi connectivity index (χ1n) is 9.39. The Balaban J connectivity index is 1.73. The smallest absolute Gasteiger partial charge is 0.255 e. The van der Waals surface area contributed by atoms with Crippen molar-refractivity contribution in [2.75, 3.05) is 26.0 Å². The standard InChI is InChI=1S/C20H23N5O4S2/c1-4-29-17-10-9-16(11-18(17)31(27,28)25(2)3)23-19(26)15-7-5-14(6-8-15)12-30-20-21-13-22-24-20/h5-11,13H,4,12H2,1-3H3,(H,23,26)(H,21,22,24). The third-order valence-corrected chi connectivity index (χ3v) is 7.03. The van der Waals surface area contributed by atoms with Gasteiger partial charge in [-0.2, -0.15) is 5.10 Å². The highest BCUT2D eigenvalue weighted by molar-refractivity contribution is 7.98. The fourth-order valence-corrected chi connectivity index (χ4v) is 4.42. The number of hydrogen-bond donors (Lipinski definition) is 2. The highest BCUT2D eigenvalue weighted by Gasteiger charge is 2.23. The lowest BCUT2D eigenvalue weighted by atomic mass is 10.1. The number of nitrogens with one attached hydrogen (secondary N) is 2. The van der Waals surface area contributed by atoms with Crippen LogP contribution in [0.1, 0.15) is 22.8 Å². The maximum Gasteiger partial charge on any atom is 0.255 e. The first-order chi connectivity index (χ1) is 14.8. The number of rotatable bonds is 9. The molecule has 1 heterocycles. The molecule has 31 heavy (non-hydrogen) atoms. The number of aromatic amines is 1. The van der Waals surface area contributed by atoms with E-state index in [0.29, 0.717) is 23.6 Å². The summed E-state index contributed by atoms with van der Waals surface area (Å²) >= 11 is 1.51. The molecule has 0 spiro atoms. The van der Waals surface area contributed by atoms with Gasteiger partial charge in [-0.1, -0.05) is 23.9 Å². The molecule has 1 amide bonds. The van der Waals surface area contributed by atoms with Crippen molar-refractivity contribution in [2.24, 2.45) is 0 Å². The normalized spacial score (nSPS) is 11.5. The van der Waals surface area contributed by atoms with Gasteiger partial charge in [-0.15, -0.1) is 0 Å². The van der Waals surface area contributed by atoms with Gasteiger partial charge >= 0.3 is 0 Å². The predicted molar refractivity (Wildman–Crippen MR) is 119 cm³/mol. The quantitative estimate of drug-likeness (QED) is 0.470. The molecule has 0 atom stereocenters. The molecule has 1 aromatic heterocycles. The van der Waals surface area contributed by atoms with Crippen molar-refractivity contribution < 1.29 is 17.9 Å². The number of hydrogen-bond acceptors (Lipinski definition) is 7. The molecule has 0 aliphatic rings. The lowest BCUT2D eigenvalue weighted by molar-refractivity contribution is 0.102. The van der Waals surface area contributed by atoms with Gasteiger partial charge in [0.25, 0.3) is 5.91 Å². The summed E-state index contributed by atoms with van der Waals surface area (Å²) in [4.78, 5) is 16.7. The number of carbonyl (C=O) groups excluding carboxylic acids is 1. The second-order valence-electron chi connectivity index (χ2n) is 6.61. The van der Waals surface area contributed by atoms with Gasteiger partial charge in [-0.05, 0) is 42.8 Å². The molecule has 0 unspecified atom stereocenters. The van der Waals surface area contributed by atoms with Crippen LogP contribution in [0.25, 0.3) is 0 Å². The first-order valence-corrected chi connectivity index (χ1v) is 11.8. The molecule has 9 nitrogen and oxygen atoms in total. The largest absolute Gasteiger partial charge is 0.492 e. The second-order valence-corrected chi connectivity index (χ2v) is 9.70. The molecule has 0 saturated heterocycles. The molecule has 3 rings (SSSR count). The molecule has 2 aromatic carbocycles. The van der Waals surface area contributed by atoms with Gasteiger partial charge in [0.05, 0.1) is 6.61 Å². The first kappa shape index (κ1) is 22.8. The maximum absolute atomic E-state index is 12.6. The average molecular weight is 462 g/mol. The summed E-state index contributed by atoms with van der Waals surface area (Å²) in [5.74, 6) is 0.580. The summed E-state index contributed by atoms with van der Waals surface area (Å²) < 4.78 is 31.8. The van der Waals surface area contributed by atoms with Crippen molar-refractivity contribution in [3.05, 3.63) is 59.9 Å². The molecular weight excluding hydrogens is 438 g/mol. The number of thioether (sulfide) groups is 1. The molecule has 0 bridgehead atoms. The van der Waals surface area contributed by atoms with Crippen LogP contribution in [0.5, 0.6) is 5.75 Å². The Morgan fingerprint density at radius 3 is 2.55 bits per heavy atom. The van der Waals surface area contributed by atoms with E-state index in [4.69, 9.17) is 4.74 Å². The van der Waals surface area contributed by atoms with Gasteiger partial charge in [0, 0.05) is 31.1 Å². The van der Waals surface area contributed by atoms with Crippen LogP contribution < -0.4 is 10.1 Å². The number of amides is 1. The molecule has 0 fully saturated rings. The molecule has 11 heteroatoms. The Morgan fingerprint density at radius 1 is 1.19 bits per heavy atom. The monoisotopic (exact) mass is 461 g/mol. The zero-order valence-corrected chi connectivity index (χ0v) is 19.0. The summed E-state index contributed by atoms with van der Waals surface area (Å²) in [7, 11) is -0.855. The van der Waals surface area contributed by atoms with E-state index >= 15 is 0 Å². The third kappa shape index (κ3) is 5.63. The van der Waals surface area contributed by atoms with Crippen LogP contribution in [0.4, 0.5) is 5.69 Å². The van der Waals surface area contributed by atoms with Crippen molar-refractivity contribution in [1.29, 1.82) is 0 Å². The number of ether oxygens (including phenoxy) is 1. The van der Waals surface area contributed by atoms with E-state index in [2.05, 4.69) is 20.5 Å². The van der Waals surface area contributed by atoms with E-state index in [0.717, 1.165) is 15.0 Å². The Bertz CT molecular complexity index is 1130. The van der Waals surface area contributed by atoms with Crippen LogP contribution in [-0.4, -0.2) is 54.5 Å². The molecule has 0 aliphatic carbocycles. The van der Waals surface area contributed by atoms with Gasteiger partial charge < -0.3 is 10.1 Å². The van der Waals surface area contributed by atoms with Gasteiger partial charge in [0.2, 0.25) is 10.0 Å². The van der Waals surface area contributed by atoms with E-state index in [1.807, 2.05) is 12.1 Å². The maximum atomic E-state index is 12.6. The lowest BCUT2D eigenvalue weighted by Gasteiger charge is -2.16. The molecule has 0 radical (unpaired) electrons. The molecular formula is C20H23N5O4S2. The molecule has 0 aliphatic heterocycles. The van der Waals surface area contributed by atoms with Crippen LogP contribution in [0.2, 0.25) is 0 Å². The van der Waals surface area contributed by atoms with Crippen molar-refractivity contribution in [1.82, 2.24) is 19.5 Å². The number of nitrogens with zero attached hydrogens (tertiary/aromatic N) is 3. The van der Waals surface area contributed by atoms with Crippen molar-refractivity contribution in [3.8, 4) is 5.75 Å². The Hall–Kier alpha value is -2.89. The fraction of sp³-hybridized carbons (Fsp3) is 0.250. The van der Waals surface area contributed by atoms with E-state index in [1.54, 1.807) is 31.2 Å². The summed E-state index contributed by atoms with van der Waals surface area (Å²) in [6, 6.07) is 11.7. The minimum atomic E-state index is -3.74. The van der Waals surface area contributed by atoms with Crippen LogP contribution >= 0.6 is 11.8 Å². The summed E-state index contributed by atoms with van der Waals surface area (Å²) in [5.41, 5.74) is 1.84. The van der Waals surface area contributed by atoms with Crippen molar-refractivity contribution in [3.63, 3.8) is 0 Å². The predicted octanol–water partition coefficient (Wildman–Crippen LogP) is 3.00. The molecule has 2 N–H and O–H groups in total. The van der Waals surface area contributed by atoms with Gasteiger partial charge in [0.1, 0.15) is 17.0 Å². The lowest BCUT2D eigenvalue weighted by Crippen LogP contribution is -2.23. The van der Waals surface area contributed by atoms with Gasteiger partial charge in [0.15, 0.2) is 5.16 Å². The number of benzene rings is 2. The minimum absolute atomic E-state index is 0.00283. The highest BCUT2D eigenvalue weighted by atomic mass is 32.2. The molecule has 164 valence electrons. The SMILES string of the molecule is CCOc1ccc(NC(=O)c2ccc(CSc3ncn[nH]3)cc2)cc1S(=O)(=O)N(C)C. The summed E-state index contributed by atoms with van der Waals surface area (Å²) in [6.45, 7) is 2.10. The van der Waals surface area contributed by atoms with Crippen LogP contribution in [0.15, 0.2) is 58.8 Å². The van der Waals surface area contributed by atoms with E-state index < -0.39 is 10.0 Å². The minimum Gasteiger partial charge on any atom is -0.492 e. The zero-order valence-electron chi connectivity index (χ0n) is 17.3. The fourth-order valence-electron chi connectivity index (χ4n) is 2.63. The van der Waals surface area contributed by atoms with Gasteiger partial charge in [-0.3, -0.25) is 9.89 Å². The topological polar surface area (TPSA) is 117 Å². The summed E-state index contributed by atoms with van der Waals surface area (Å²) in [6.07, 6.45) is 1.45. The molecule has 0 saturated carbocycles. The number of carbonyl (C=O) groups is 1. The van der Waals surface area contributed by atoms with Crippen LogP contribution in [0, 0.1) is 0 Å². The Kier molecular flexibility index (Phi) is 7.31. The van der Waals surface area contributed by atoms with E-state index in [9.17, 15) is 13.2 Å². The number of anilines is 1. The van der Waals surface area contributed by atoms with E-state index in [-0.39, 0.29) is 16.6 Å². The Morgan fingerprint density at radius 2 is 1.94 bits per heavy atom. The third-order valence-electron chi connectivity index (χ3n) is 4.24. The average Bonchev–Trinajstić information content (AvgIpc) is 3.27. The van der Waals surface area contributed by atoms with E-state index in [1.165, 1.54) is 38.3 Å². The van der Waals surface area contributed by atoms with Gasteiger partial charge in [-0.25, -0.2) is 17.7 Å². The van der Waals surface area contributed by atoms with Crippen molar-refractivity contribution >= 4 is 33.4 Å². The Labute approximate surface area is 185 Å². The second kappa shape index (κ2) is 9.94. The number of aromatic nitrogens is 3. The van der Waals surface area contributed by atoms with Crippen LogP contribution in [-0.2, 0) is 15.8 Å². The van der Waals surface area contributed by atoms with Crippen LogP contribution in [0.3, 0.4) is 0 Å². The van der Waals surface area contributed by atoms with Crippen molar-refractivity contribution in [2.45, 2.75) is 22.7 Å². The number of H-pyrrole nitrogens is 1. The molecule has 3 aromatic rings. The zero-order chi connectivity index (χ0) is 22.4. The summed E-state index contributed by atoms with van der Waals surface area (Å²) in [5, 5.41) is 10.1. The number of sulfonamides is 1.